The maximum absolute atomic E-state index is 12.5. The normalized spacial score (nSPS) is 10.9. The van der Waals surface area contributed by atoms with E-state index in [0.29, 0.717) is 24.5 Å². The lowest BCUT2D eigenvalue weighted by Crippen LogP contribution is -2.30. The average Bonchev–Trinajstić information content (AvgIpc) is 2.41. The van der Waals surface area contributed by atoms with Gasteiger partial charge in [0.1, 0.15) is 10.9 Å². The molecule has 0 amide bonds. The number of benzene rings is 1. The molecule has 1 aromatic carbocycles. The predicted molar refractivity (Wildman–Crippen MR) is 83.6 cm³/mol. The molecule has 102 valence electrons. The van der Waals surface area contributed by atoms with Crippen LogP contribution in [-0.2, 0) is 6.54 Å². The van der Waals surface area contributed by atoms with E-state index in [0.717, 1.165) is 21.9 Å². The number of halogens is 1. The Morgan fingerprint density at radius 3 is 2.79 bits per heavy atom. The van der Waals surface area contributed by atoms with Crippen LogP contribution in [0.1, 0.15) is 26.7 Å². The first-order chi connectivity index (χ1) is 9.17. The zero-order chi connectivity index (χ0) is 13.8. The maximum atomic E-state index is 12.5. The van der Waals surface area contributed by atoms with Gasteiger partial charge in [-0.25, -0.2) is 9.78 Å². The Labute approximate surface area is 125 Å². The highest BCUT2D eigenvalue weighted by Crippen LogP contribution is 2.13. The molecule has 0 aliphatic carbocycles. The van der Waals surface area contributed by atoms with Gasteiger partial charge >= 0.3 is 11.6 Å². The third-order valence-corrected chi connectivity index (χ3v) is 3.51. The molecule has 0 spiro atoms. The summed E-state index contributed by atoms with van der Waals surface area (Å²) in [7, 11) is 0. The lowest BCUT2D eigenvalue weighted by Gasteiger charge is -2.06. The van der Waals surface area contributed by atoms with Gasteiger partial charge in [0.2, 0.25) is 0 Å². The third-order valence-electron chi connectivity index (χ3n) is 2.83. The number of nitrogens with one attached hydrogen (secondary N) is 1. The van der Waals surface area contributed by atoms with E-state index in [-0.39, 0.29) is 5.56 Å². The summed E-state index contributed by atoms with van der Waals surface area (Å²) in [6, 6.07) is 6.37. The van der Waals surface area contributed by atoms with Crippen LogP contribution in [0.3, 0.4) is 0 Å². The zero-order valence-electron chi connectivity index (χ0n) is 11.2. The Hall–Kier alpha value is -1.11. The SMILES string of the molecule is CCCOc1[nH+]c2ccc(I)cc2c(=O)n1CCC. The predicted octanol–water partition coefficient (Wildman–Crippen LogP) is 2.62. The van der Waals surface area contributed by atoms with Crippen LogP contribution in [0.25, 0.3) is 10.9 Å². The Kier molecular flexibility index (Phi) is 4.79. The molecule has 0 bridgehead atoms. The van der Waals surface area contributed by atoms with E-state index in [1.54, 1.807) is 4.57 Å². The molecule has 0 unspecified atom stereocenters. The van der Waals surface area contributed by atoms with Gasteiger partial charge in [0, 0.05) is 3.57 Å². The van der Waals surface area contributed by atoms with Crippen molar-refractivity contribution in [1.29, 1.82) is 0 Å². The lowest BCUT2D eigenvalue weighted by atomic mass is 10.2. The lowest BCUT2D eigenvalue weighted by molar-refractivity contribution is -0.372. The molecule has 1 heterocycles. The molecule has 0 aliphatic heterocycles. The van der Waals surface area contributed by atoms with Gasteiger partial charge in [0.05, 0.1) is 13.2 Å². The van der Waals surface area contributed by atoms with Crippen molar-refractivity contribution in [3.63, 3.8) is 0 Å². The summed E-state index contributed by atoms with van der Waals surface area (Å²) >= 11 is 2.22. The fourth-order valence-corrected chi connectivity index (χ4v) is 2.45. The number of hydrogen-bond donors (Lipinski definition) is 0. The van der Waals surface area contributed by atoms with Gasteiger partial charge in [-0.2, -0.15) is 4.57 Å². The number of rotatable bonds is 5. The number of fused-ring (bicyclic) bond motifs is 1. The van der Waals surface area contributed by atoms with Gasteiger partial charge in [-0.05, 0) is 53.6 Å². The number of aromatic nitrogens is 2. The standard InChI is InChI=1S/C14H17IN2O2/c1-3-7-17-13(18)11-9-10(15)5-6-12(11)16-14(17)19-8-4-2/h5-6,9H,3-4,7-8H2,1-2H3/p+1. The zero-order valence-corrected chi connectivity index (χ0v) is 13.4. The van der Waals surface area contributed by atoms with Crippen LogP contribution in [0.2, 0.25) is 0 Å². The van der Waals surface area contributed by atoms with Crippen LogP contribution in [0, 0.1) is 3.57 Å². The molecule has 0 aliphatic rings. The molecule has 5 heteroatoms. The van der Waals surface area contributed by atoms with Crippen molar-refractivity contribution in [2.45, 2.75) is 33.2 Å². The fraction of sp³-hybridized carbons (Fsp3) is 0.429. The molecule has 1 N–H and O–H groups in total. The minimum absolute atomic E-state index is 0.0141. The number of ether oxygens (including phenoxy) is 1. The highest BCUT2D eigenvalue weighted by Gasteiger charge is 2.18. The number of H-pyrrole nitrogens is 1. The summed E-state index contributed by atoms with van der Waals surface area (Å²) in [6.45, 7) is 5.37. The molecule has 19 heavy (non-hydrogen) atoms. The molecule has 0 atom stereocenters. The van der Waals surface area contributed by atoms with Gasteiger partial charge in [0.25, 0.3) is 0 Å². The number of aromatic amines is 1. The molecule has 2 aromatic rings. The monoisotopic (exact) mass is 373 g/mol. The van der Waals surface area contributed by atoms with E-state index >= 15 is 0 Å². The first-order valence-electron chi connectivity index (χ1n) is 6.55. The molecule has 0 radical (unpaired) electrons. The summed E-state index contributed by atoms with van der Waals surface area (Å²) in [5, 5.41) is 0.712. The molecular weight excluding hydrogens is 355 g/mol. The highest BCUT2D eigenvalue weighted by molar-refractivity contribution is 14.1. The number of hydrogen-bond acceptors (Lipinski definition) is 2. The summed E-state index contributed by atoms with van der Waals surface area (Å²) in [5.74, 6) is 0. The van der Waals surface area contributed by atoms with Crippen LogP contribution < -0.4 is 15.3 Å². The maximum Gasteiger partial charge on any atom is 0.457 e. The van der Waals surface area contributed by atoms with Crippen molar-refractivity contribution >= 4 is 33.5 Å². The molecule has 0 saturated heterocycles. The largest absolute Gasteiger partial charge is 0.457 e. The fourth-order valence-electron chi connectivity index (χ4n) is 1.96. The van der Waals surface area contributed by atoms with Crippen molar-refractivity contribution in [2.75, 3.05) is 6.61 Å². The van der Waals surface area contributed by atoms with E-state index in [2.05, 4.69) is 34.5 Å². The van der Waals surface area contributed by atoms with Crippen molar-refractivity contribution in [3.05, 3.63) is 32.1 Å². The van der Waals surface area contributed by atoms with E-state index in [1.807, 2.05) is 25.1 Å². The minimum Gasteiger partial charge on any atom is -0.431 e. The summed E-state index contributed by atoms with van der Waals surface area (Å²) in [4.78, 5) is 15.7. The van der Waals surface area contributed by atoms with Crippen molar-refractivity contribution in [2.24, 2.45) is 0 Å². The molecule has 2 rings (SSSR count). The first-order valence-corrected chi connectivity index (χ1v) is 7.63. The summed E-state index contributed by atoms with van der Waals surface area (Å²) in [5.41, 5.74) is 0.837. The van der Waals surface area contributed by atoms with Crippen molar-refractivity contribution in [3.8, 4) is 6.01 Å². The summed E-state index contributed by atoms with van der Waals surface area (Å²) in [6.07, 6.45) is 1.81. The van der Waals surface area contributed by atoms with Gasteiger partial charge < -0.3 is 4.74 Å². The molecule has 4 nitrogen and oxygen atoms in total. The van der Waals surface area contributed by atoms with Crippen LogP contribution >= 0.6 is 22.6 Å². The van der Waals surface area contributed by atoms with Gasteiger partial charge in [0.15, 0.2) is 0 Å². The Balaban J connectivity index is 2.63. The van der Waals surface area contributed by atoms with E-state index < -0.39 is 0 Å². The molecule has 0 saturated carbocycles. The van der Waals surface area contributed by atoms with Crippen LogP contribution in [0.4, 0.5) is 0 Å². The first kappa shape index (κ1) is 14.3. The minimum atomic E-state index is 0.0141. The second-order valence-corrected chi connectivity index (χ2v) is 5.67. The average molecular weight is 373 g/mol. The van der Waals surface area contributed by atoms with Gasteiger partial charge in [-0.3, -0.25) is 0 Å². The van der Waals surface area contributed by atoms with Crippen molar-refractivity contribution < 1.29 is 9.72 Å². The van der Waals surface area contributed by atoms with E-state index in [9.17, 15) is 4.79 Å². The van der Waals surface area contributed by atoms with E-state index in [1.165, 1.54) is 0 Å². The molecule has 0 fully saturated rings. The number of nitrogens with zero attached hydrogens (tertiary/aromatic N) is 1. The molecule has 1 aromatic heterocycles. The van der Waals surface area contributed by atoms with Gasteiger partial charge in [-0.1, -0.05) is 13.8 Å². The third kappa shape index (κ3) is 3.08. The van der Waals surface area contributed by atoms with Crippen LogP contribution in [-0.4, -0.2) is 11.2 Å². The quantitative estimate of drug-likeness (QED) is 0.757. The second kappa shape index (κ2) is 6.36. The Morgan fingerprint density at radius 1 is 1.32 bits per heavy atom. The topological polar surface area (TPSA) is 45.4 Å². The molecular formula is C14H18IN2O2+. The second-order valence-electron chi connectivity index (χ2n) is 4.43. The van der Waals surface area contributed by atoms with Crippen LogP contribution in [0.15, 0.2) is 23.0 Å². The summed E-state index contributed by atoms with van der Waals surface area (Å²) < 4.78 is 8.41. The van der Waals surface area contributed by atoms with Crippen molar-refractivity contribution in [1.82, 2.24) is 4.57 Å². The Bertz CT molecular complexity index is 637. The smallest absolute Gasteiger partial charge is 0.431 e. The van der Waals surface area contributed by atoms with E-state index in [4.69, 9.17) is 4.74 Å². The van der Waals surface area contributed by atoms with Gasteiger partial charge in [-0.15, -0.1) is 0 Å². The van der Waals surface area contributed by atoms with Crippen LogP contribution in [0.5, 0.6) is 6.01 Å². The highest BCUT2D eigenvalue weighted by atomic mass is 127. The Morgan fingerprint density at radius 2 is 2.11 bits per heavy atom.